The zero-order chi connectivity index (χ0) is 45.7. The zero-order valence-corrected chi connectivity index (χ0v) is 42.5. The minimum atomic E-state index is -3.97. The van der Waals surface area contributed by atoms with Crippen LogP contribution < -0.4 is 9.13 Å². The van der Waals surface area contributed by atoms with Crippen LogP contribution in [0.5, 0.6) is 0 Å². The van der Waals surface area contributed by atoms with E-state index in [1.807, 2.05) is 0 Å². The Balaban J connectivity index is 1.77. The first-order chi connectivity index (χ1) is 30.5. The maximum Gasteiger partial charge on any atom is 0.265 e. The smallest absolute Gasteiger partial charge is 0.265 e. The van der Waals surface area contributed by atoms with E-state index in [4.69, 9.17) is 0 Å². The fraction of sp³-hybridized carbons (Fsp3) is 0.882. The summed E-state index contributed by atoms with van der Waals surface area (Å²) < 4.78 is 73.4. The van der Waals surface area contributed by atoms with Crippen LogP contribution in [0.4, 0.5) is 0 Å². The lowest BCUT2D eigenvalue weighted by Crippen LogP contribution is -2.38. The van der Waals surface area contributed by atoms with Crippen LogP contribution in [0.2, 0.25) is 0 Å². The standard InChI is InChI=1S/C51H96N4O6S2/c1-3-5-7-9-11-13-15-17-19-21-23-25-27-29-32-38-50-52(44-46-54(50)42-36-48-62(56,57)58)40-34-31-35-41-53-45-47-55(43-37-49-63(59,60)61)51(53)39-33-30-28-26-24-22-20-18-16-14-12-10-8-6-4-2/h44-47H,3-43,48-49H2,1-2H3/p+2. The average molecular weight is 928 g/mol. The molecular formula is C51H98N4O6S2+2. The third-order valence-corrected chi connectivity index (χ3v) is 14.7. The molecule has 12 heteroatoms. The third-order valence-electron chi connectivity index (χ3n) is 13.1. The van der Waals surface area contributed by atoms with Crippen LogP contribution in [0.25, 0.3) is 0 Å². The number of aromatic nitrogens is 4. The van der Waals surface area contributed by atoms with E-state index in [0.717, 1.165) is 58.0 Å². The number of aryl methyl sites for hydroxylation is 4. The van der Waals surface area contributed by atoms with Crippen molar-refractivity contribution in [3.63, 3.8) is 0 Å². The molecule has 0 aliphatic carbocycles. The Morgan fingerprint density at radius 3 is 0.905 bits per heavy atom. The van der Waals surface area contributed by atoms with Crippen LogP contribution >= 0.6 is 0 Å². The molecular weight excluding hydrogens is 829 g/mol. The number of unbranched alkanes of at least 4 members (excludes halogenated alkanes) is 30. The lowest BCUT2D eigenvalue weighted by atomic mass is 10.0. The number of rotatable bonds is 46. The van der Waals surface area contributed by atoms with Gasteiger partial charge in [-0.2, -0.15) is 16.8 Å². The maximum atomic E-state index is 11.4. The zero-order valence-electron chi connectivity index (χ0n) is 40.8. The van der Waals surface area contributed by atoms with Crippen molar-refractivity contribution in [2.75, 3.05) is 11.5 Å². The number of hydrogen-bond acceptors (Lipinski definition) is 4. The molecule has 0 amide bonds. The number of imidazole rings is 2. The summed E-state index contributed by atoms with van der Waals surface area (Å²) >= 11 is 0. The Morgan fingerprint density at radius 1 is 0.381 bits per heavy atom. The van der Waals surface area contributed by atoms with Crippen LogP contribution in [0, 0.1) is 0 Å². The van der Waals surface area contributed by atoms with Gasteiger partial charge in [-0.3, -0.25) is 9.11 Å². The van der Waals surface area contributed by atoms with Crippen molar-refractivity contribution in [3.8, 4) is 0 Å². The summed E-state index contributed by atoms with van der Waals surface area (Å²) in [6.07, 6.45) is 54.5. The summed E-state index contributed by atoms with van der Waals surface area (Å²) in [7, 11) is -7.95. The average Bonchev–Trinajstić information content (AvgIpc) is 3.81. The monoisotopic (exact) mass is 927 g/mol. The first-order valence-corrected chi connectivity index (χ1v) is 29.8. The Kier molecular flexibility index (Phi) is 34.0. The molecule has 0 atom stereocenters. The van der Waals surface area contributed by atoms with E-state index in [-0.39, 0.29) is 11.5 Å². The molecule has 0 aliphatic rings. The summed E-state index contributed by atoms with van der Waals surface area (Å²) in [4.78, 5) is 0. The quantitative estimate of drug-likeness (QED) is 0.0387. The van der Waals surface area contributed by atoms with Gasteiger partial charge in [0.1, 0.15) is 24.8 Å². The second kappa shape index (κ2) is 37.3. The van der Waals surface area contributed by atoms with E-state index >= 15 is 0 Å². The number of hydrogen-bond donors (Lipinski definition) is 2. The van der Waals surface area contributed by atoms with Gasteiger partial charge >= 0.3 is 0 Å². The van der Waals surface area contributed by atoms with Crippen molar-refractivity contribution in [1.29, 1.82) is 0 Å². The Hall–Kier alpha value is -1.76. The highest BCUT2D eigenvalue weighted by Crippen LogP contribution is 2.17. The van der Waals surface area contributed by atoms with Gasteiger partial charge in [-0.25, -0.2) is 18.3 Å². The fourth-order valence-electron chi connectivity index (χ4n) is 9.27. The molecule has 63 heavy (non-hydrogen) atoms. The molecule has 0 radical (unpaired) electrons. The lowest BCUT2D eigenvalue weighted by molar-refractivity contribution is -0.703. The minimum Gasteiger partial charge on any atom is -0.286 e. The van der Waals surface area contributed by atoms with Gasteiger partial charge in [0.15, 0.2) is 0 Å². The summed E-state index contributed by atoms with van der Waals surface area (Å²) in [6.45, 7) is 7.57. The molecule has 0 bridgehead atoms. The molecule has 0 spiro atoms. The van der Waals surface area contributed by atoms with Crippen LogP contribution in [0.1, 0.15) is 250 Å². The van der Waals surface area contributed by atoms with E-state index in [0.29, 0.717) is 25.9 Å². The summed E-state index contributed by atoms with van der Waals surface area (Å²) in [5, 5.41) is 0. The van der Waals surface area contributed by atoms with Gasteiger partial charge in [0, 0.05) is 25.7 Å². The summed E-state index contributed by atoms with van der Waals surface area (Å²) in [5.41, 5.74) is 0. The first kappa shape index (κ1) is 57.4. The second-order valence-corrected chi connectivity index (χ2v) is 22.1. The second-order valence-electron chi connectivity index (χ2n) is 18.9. The van der Waals surface area contributed by atoms with E-state index < -0.39 is 20.2 Å². The highest BCUT2D eigenvalue weighted by molar-refractivity contribution is 7.86. The molecule has 2 aromatic rings. The van der Waals surface area contributed by atoms with Crippen molar-refractivity contribution >= 4 is 20.2 Å². The predicted octanol–water partition coefficient (Wildman–Crippen LogP) is 13.1. The van der Waals surface area contributed by atoms with Gasteiger partial charge in [-0.05, 0) is 32.1 Å². The molecule has 0 unspecified atom stereocenters. The molecule has 10 nitrogen and oxygen atoms in total. The van der Waals surface area contributed by atoms with Gasteiger partial charge in [0.2, 0.25) is 0 Å². The molecule has 2 rings (SSSR count). The predicted molar refractivity (Wildman–Crippen MR) is 262 cm³/mol. The summed E-state index contributed by atoms with van der Waals surface area (Å²) in [6, 6.07) is 0. The Bertz CT molecular complexity index is 1470. The Morgan fingerprint density at radius 2 is 0.635 bits per heavy atom. The molecule has 368 valence electrons. The molecule has 0 saturated heterocycles. The van der Waals surface area contributed by atoms with Crippen molar-refractivity contribution in [2.24, 2.45) is 0 Å². The molecule has 0 saturated carbocycles. The number of nitrogens with zero attached hydrogens (tertiary/aromatic N) is 4. The van der Waals surface area contributed by atoms with E-state index in [9.17, 15) is 25.9 Å². The van der Waals surface area contributed by atoms with Crippen molar-refractivity contribution < 1.29 is 35.1 Å². The van der Waals surface area contributed by atoms with Crippen molar-refractivity contribution in [2.45, 2.75) is 278 Å². The summed E-state index contributed by atoms with van der Waals surface area (Å²) in [5.74, 6) is 2.07. The largest absolute Gasteiger partial charge is 0.286 e. The molecule has 0 aromatic carbocycles. The van der Waals surface area contributed by atoms with Gasteiger partial charge in [-0.1, -0.05) is 194 Å². The van der Waals surface area contributed by atoms with E-state index in [2.05, 4.69) is 56.9 Å². The van der Waals surface area contributed by atoms with Gasteiger partial charge in [-0.15, -0.1) is 0 Å². The molecule has 0 fully saturated rings. The topological polar surface area (TPSA) is 126 Å². The van der Waals surface area contributed by atoms with E-state index in [1.54, 1.807) is 0 Å². The van der Waals surface area contributed by atoms with Gasteiger partial charge in [0.25, 0.3) is 31.9 Å². The van der Waals surface area contributed by atoms with Crippen molar-refractivity contribution in [3.05, 3.63) is 36.4 Å². The SMILES string of the molecule is CCCCCCCCCCCCCCCCCc1n(CCCCCn2cc[n+](CCCS(=O)(=O)O)c2CCCCCCCCCCCCCCCCC)cc[n+]1CCCS(=O)(=O)O. The van der Waals surface area contributed by atoms with Crippen LogP contribution in [0.15, 0.2) is 24.8 Å². The molecule has 2 aromatic heterocycles. The third kappa shape index (κ3) is 31.7. The lowest BCUT2D eigenvalue weighted by Gasteiger charge is -2.08. The van der Waals surface area contributed by atoms with E-state index in [1.165, 1.54) is 191 Å². The van der Waals surface area contributed by atoms with Gasteiger partial charge < -0.3 is 0 Å². The van der Waals surface area contributed by atoms with Crippen LogP contribution in [-0.2, 0) is 59.3 Å². The molecule has 0 aliphatic heterocycles. The van der Waals surface area contributed by atoms with Crippen LogP contribution in [-0.4, -0.2) is 46.6 Å². The minimum absolute atomic E-state index is 0.217. The van der Waals surface area contributed by atoms with Crippen molar-refractivity contribution in [1.82, 2.24) is 9.13 Å². The fourth-order valence-corrected chi connectivity index (χ4v) is 10.3. The highest BCUT2D eigenvalue weighted by Gasteiger charge is 2.20. The first-order valence-electron chi connectivity index (χ1n) is 26.6. The Labute approximate surface area is 388 Å². The molecule has 2 N–H and O–H groups in total. The normalized spacial score (nSPS) is 12.3. The van der Waals surface area contributed by atoms with Crippen LogP contribution in [0.3, 0.4) is 0 Å². The molecule has 2 heterocycles. The highest BCUT2D eigenvalue weighted by atomic mass is 32.2. The van der Waals surface area contributed by atoms with Gasteiger partial charge in [0.05, 0.1) is 37.7 Å². The maximum absolute atomic E-state index is 11.4.